The van der Waals surface area contributed by atoms with Gasteiger partial charge in [0.2, 0.25) is 5.91 Å². The number of fused-ring (bicyclic) bond motifs is 1. The van der Waals surface area contributed by atoms with Gasteiger partial charge in [-0.1, -0.05) is 54.6 Å². The van der Waals surface area contributed by atoms with Gasteiger partial charge in [0.05, 0.1) is 33.7 Å². The molecular weight excluding hydrogens is 710 g/mol. The first-order valence-corrected chi connectivity index (χ1v) is 17.1. The zero-order valence-electron chi connectivity index (χ0n) is 40.3. The lowest BCUT2D eigenvalue weighted by molar-refractivity contribution is -0.137. The third-order valence-corrected chi connectivity index (χ3v) is 9.17. The number of hydrogen-bond acceptors (Lipinski definition) is 5. The Morgan fingerprint density at radius 3 is 2.34 bits per heavy atom. The van der Waals surface area contributed by atoms with Crippen LogP contribution in [0, 0.1) is 18.6 Å². The molecule has 0 spiro atoms. The summed E-state index contributed by atoms with van der Waals surface area (Å²) in [5.74, 6) is -4.87. The summed E-state index contributed by atoms with van der Waals surface area (Å²) in [5, 5.41) is -1.92. The van der Waals surface area contributed by atoms with Crippen molar-refractivity contribution >= 4 is 28.6 Å². The molecule has 1 aliphatic rings. The van der Waals surface area contributed by atoms with E-state index in [1.807, 2.05) is 0 Å². The summed E-state index contributed by atoms with van der Waals surface area (Å²) in [6.45, 7) is -8.15. The van der Waals surface area contributed by atoms with Gasteiger partial charge in [0.25, 0.3) is 0 Å². The summed E-state index contributed by atoms with van der Waals surface area (Å²) in [4.78, 5) is 31.2. The Hall–Kier alpha value is -4.52. The topological polar surface area (TPSA) is 54.8 Å². The fourth-order valence-corrected chi connectivity index (χ4v) is 6.36. The highest BCUT2D eigenvalue weighted by molar-refractivity contribution is 7.98. The molecule has 53 heavy (non-hydrogen) atoms. The molecule has 0 saturated carbocycles. The molecule has 0 bridgehead atoms. The number of benzene rings is 4. The molecule has 0 N–H and O–H groups in total. The summed E-state index contributed by atoms with van der Waals surface area (Å²) in [6, 6.07) is 7.01. The van der Waals surface area contributed by atoms with E-state index in [-0.39, 0.29) is 60.0 Å². The van der Waals surface area contributed by atoms with E-state index in [2.05, 4.69) is 0 Å². The number of aromatic nitrogens is 1. The monoisotopic (exact) mass is 761 g/mol. The maximum absolute atomic E-state index is 15.3. The number of rotatable bonds is 12. The molecule has 0 atom stereocenters. The summed E-state index contributed by atoms with van der Waals surface area (Å²) < 4.78 is 182. The minimum absolute atomic E-state index is 0.111. The zero-order chi connectivity index (χ0) is 48.4. The molecule has 2 heterocycles. The molecule has 1 aromatic heterocycles. The average Bonchev–Trinajstić information content (AvgIpc) is 3.24. The van der Waals surface area contributed by atoms with Gasteiger partial charge in [0.15, 0.2) is 17.1 Å². The van der Waals surface area contributed by atoms with Gasteiger partial charge < -0.3 is 19.1 Å². The van der Waals surface area contributed by atoms with Gasteiger partial charge >= 0.3 is 6.18 Å². The Kier molecular flexibility index (Phi) is 8.01. The smallest absolute Gasteiger partial charge is 0.383 e. The number of pyridine rings is 1. The molecule has 1 fully saturated rings. The van der Waals surface area contributed by atoms with Crippen LogP contribution in [-0.2, 0) is 34.4 Å². The molecule has 1 aliphatic heterocycles. The van der Waals surface area contributed by atoms with Gasteiger partial charge in [0.1, 0.15) is 6.50 Å². The zero-order valence-corrected chi connectivity index (χ0v) is 29.1. The Bertz CT molecular complexity index is 2700. The average molecular weight is 762 g/mol. The molecule has 0 radical (unpaired) electrons. The van der Waals surface area contributed by atoms with Crippen molar-refractivity contribution in [2.24, 2.45) is 0 Å². The largest absolute Gasteiger partial charge is 0.416 e. The molecule has 1 saturated heterocycles. The third kappa shape index (κ3) is 9.17. The van der Waals surface area contributed by atoms with E-state index in [0.717, 1.165) is 24.3 Å². The van der Waals surface area contributed by atoms with E-state index < -0.39 is 112 Å². The van der Waals surface area contributed by atoms with E-state index in [9.17, 15) is 27.8 Å². The van der Waals surface area contributed by atoms with E-state index in [0.29, 0.717) is 22.1 Å². The van der Waals surface area contributed by atoms with E-state index in [1.165, 1.54) is 55.3 Å². The number of carbonyl (C=O) groups is 1. The Morgan fingerprint density at radius 1 is 1.00 bits per heavy atom. The highest BCUT2D eigenvalue weighted by atomic mass is 32.2. The van der Waals surface area contributed by atoms with E-state index in [1.54, 1.807) is 0 Å². The highest BCUT2D eigenvalue weighted by Gasteiger charge is 2.31. The predicted octanol–water partition coefficient (Wildman–Crippen LogP) is 8.71. The van der Waals surface area contributed by atoms with Gasteiger partial charge in [-0.25, -0.2) is 8.78 Å². The maximum Gasteiger partial charge on any atom is 0.416 e. The lowest BCUT2D eigenvalue weighted by atomic mass is 10.00. The van der Waals surface area contributed by atoms with Crippen LogP contribution in [0.4, 0.5) is 22.0 Å². The summed E-state index contributed by atoms with van der Waals surface area (Å²) in [7, 11) is 1.29. The van der Waals surface area contributed by atoms with Crippen molar-refractivity contribution in [2.75, 3.05) is 33.3 Å². The van der Waals surface area contributed by atoms with Gasteiger partial charge in [-0.05, 0) is 72.3 Å². The fraction of sp³-hybridized carbons (Fsp3) is 0.317. The first-order chi connectivity index (χ1) is 30.1. The van der Waals surface area contributed by atoms with Crippen molar-refractivity contribution in [2.45, 2.75) is 55.7 Å². The normalized spacial score (nSPS) is 18.5. The van der Waals surface area contributed by atoms with Crippen molar-refractivity contribution in [3.05, 3.63) is 135 Å². The quantitative estimate of drug-likeness (QED) is 0.0941. The van der Waals surface area contributed by atoms with Crippen molar-refractivity contribution in [1.29, 1.82) is 0 Å². The van der Waals surface area contributed by atoms with Crippen LogP contribution in [0.5, 0.6) is 0 Å². The van der Waals surface area contributed by atoms with Crippen LogP contribution < -0.4 is 5.43 Å². The number of nitrogens with zero attached hydrogens (tertiary/aromatic N) is 3. The molecule has 5 aromatic rings. The standard InChI is InChI=1S/C41H40F5N3O3S/c1-27-6-15-34-36(22-27)49(39(23-37(34)50)53-26-31-4-3-5-35(42)40(31)43)25-38(51)48(33-16-18-47(19-17-33)20-21-52-2)24-28-7-9-29(10-8-28)30-11-13-32(14-12-30)41(44,45)46/h3-15,22-23,33H,16-21,24-26H2,1-2H3/i6D,15D,20D2,22D,23D,24D2,25D2,26D2. The van der Waals surface area contributed by atoms with Crippen LogP contribution in [0.3, 0.4) is 0 Å². The van der Waals surface area contributed by atoms with Gasteiger partial charge in [0, 0.05) is 67.4 Å². The van der Waals surface area contributed by atoms with Gasteiger partial charge in [-0.3, -0.25) is 9.59 Å². The molecule has 12 heteroatoms. The minimum Gasteiger partial charge on any atom is -0.383 e. The van der Waals surface area contributed by atoms with Crippen LogP contribution >= 0.6 is 11.8 Å². The number of alkyl halides is 3. The van der Waals surface area contributed by atoms with Crippen molar-refractivity contribution < 1.29 is 47.9 Å². The number of amides is 1. The number of piperidine rings is 1. The van der Waals surface area contributed by atoms with E-state index >= 15 is 9.18 Å². The maximum atomic E-state index is 15.3. The minimum atomic E-state index is -4.61. The van der Waals surface area contributed by atoms with Crippen molar-refractivity contribution in [1.82, 2.24) is 14.4 Å². The van der Waals surface area contributed by atoms with Crippen molar-refractivity contribution in [3.63, 3.8) is 0 Å². The van der Waals surface area contributed by atoms with Gasteiger partial charge in [-0.15, -0.1) is 11.8 Å². The summed E-state index contributed by atoms with van der Waals surface area (Å²) in [6.07, 6.45) is -4.95. The molecule has 6 nitrogen and oxygen atoms in total. The van der Waals surface area contributed by atoms with Crippen molar-refractivity contribution in [3.8, 4) is 11.1 Å². The molecule has 1 amide bonds. The van der Waals surface area contributed by atoms with E-state index in [4.69, 9.17) is 15.7 Å². The van der Waals surface area contributed by atoms with Crippen LogP contribution in [0.1, 0.15) is 51.5 Å². The molecule has 0 unspecified atom stereocenters. The molecule has 6 rings (SSSR count). The Morgan fingerprint density at radius 2 is 1.68 bits per heavy atom. The first-order valence-electron chi connectivity index (χ1n) is 22.2. The Balaban J connectivity index is 1.56. The second kappa shape index (κ2) is 16.7. The third-order valence-electron chi connectivity index (χ3n) is 8.37. The number of halogens is 5. The number of hydrogen-bond donors (Lipinski definition) is 0. The number of ether oxygens (including phenoxy) is 1. The lowest BCUT2D eigenvalue weighted by Crippen LogP contribution is -2.48. The first kappa shape index (κ1) is 25.5. The second-order valence-electron chi connectivity index (χ2n) is 12.0. The number of methoxy groups -OCH3 is 1. The number of carbonyl (C=O) groups excluding carboxylic acids is 1. The summed E-state index contributed by atoms with van der Waals surface area (Å²) >= 11 is -0.183. The Labute approximate surface area is 326 Å². The number of thioether (sulfide) groups is 1. The van der Waals surface area contributed by atoms with Crippen LogP contribution in [-0.4, -0.2) is 59.6 Å². The molecule has 4 aromatic carbocycles. The molecule has 0 aliphatic carbocycles. The molecule has 278 valence electrons. The second-order valence-corrected chi connectivity index (χ2v) is 12.8. The highest BCUT2D eigenvalue weighted by Crippen LogP contribution is 2.32. The SMILES string of the molecule is [2H]c1c(C)c([2H])c2c(c1[2H])c(=O)c([2H])c(SC([2H])([2H])c1cccc(F)c1F)n2C([2H])([2H])C(=O)N(C1CCN(C([2H])([2H])COC)CC1)C([2H])([2H])c1ccc(-c2ccc(C(F)(F)F)cc2)cc1. The lowest BCUT2D eigenvalue weighted by Gasteiger charge is -2.39. The van der Waals surface area contributed by atoms with Crippen LogP contribution in [0.15, 0.2) is 101 Å². The molecular formula is C41H40F5N3O3S. The fourth-order valence-electron chi connectivity index (χ4n) is 5.62. The number of likely N-dealkylation sites (tertiary alicyclic amines) is 1. The summed E-state index contributed by atoms with van der Waals surface area (Å²) in [5.41, 5.74) is -7.15. The van der Waals surface area contributed by atoms with Gasteiger partial charge in [-0.2, -0.15) is 13.2 Å². The predicted molar refractivity (Wildman–Crippen MR) is 198 cm³/mol. The van der Waals surface area contributed by atoms with Crippen LogP contribution in [0.2, 0.25) is 0 Å². The van der Waals surface area contributed by atoms with Crippen LogP contribution in [0.25, 0.3) is 22.0 Å².